The van der Waals surface area contributed by atoms with Crippen molar-refractivity contribution in [3.8, 4) is 16.9 Å². The predicted molar refractivity (Wildman–Crippen MR) is 146 cm³/mol. The van der Waals surface area contributed by atoms with Crippen molar-refractivity contribution < 1.29 is 4.79 Å². The van der Waals surface area contributed by atoms with Crippen LogP contribution in [0.2, 0.25) is 0 Å². The van der Waals surface area contributed by atoms with Crippen LogP contribution in [0.1, 0.15) is 10.4 Å². The van der Waals surface area contributed by atoms with E-state index < -0.39 is 0 Å². The lowest BCUT2D eigenvalue weighted by molar-refractivity contribution is 0.102. The SMILES string of the molecule is O=C(Nc1ccc(Nc2nccc(-c3ccc(-n4ccnc4)cc3)n2)cc1)c1ccc2ccccc2c1. The Morgan fingerprint density at radius 2 is 1.54 bits per heavy atom. The van der Waals surface area contributed by atoms with Gasteiger partial charge in [-0.15, -0.1) is 0 Å². The maximum Gasteiger partial charge on any atom is 0.255 e. The van der Waals surface area contributed by atoms with E-state index in [2.05, 4.69) is 25.6 Å². The molecule has 2 heterocycles. The number of carbonyl (C=O) groups is 1. The minimum Gasteiger partial charge on any atom is -0.324 e. The lowest BCUT2D eigenvalue weighted by Gasteiger charge is -2.10. The van der Waals surface area contributed by atoms with Crippen molar-refractivity contribution in [3.05, 3.63) is 128 Å². The molecule has 0 saturated heterocycles. The van der Waals surface area contributed by atoms with Gasteiger partial charge in [-0.25, -0.2) is 15.0 Å². The van der Waals surface area contributed by atoms with E-state index in [0.29, 0.717) is 17.2 Å². The Bertz CT molecular complexity index is 1680. The van der Waals surface area contributed by atoms with Crippen LogP contribution >= 0.6 is 0 Å². The number of benzene rings is 4. The van der Waals surface area contributed by atoms with Crippen LogP contribution in [0.25, 0.3) is 27.7 Å². The van der Waals surface area contributed by atoms with Gasteiger partial charge in [0.15, 0.2) is 0 Å². The fourth-order valence-electron chi connectivity index (χ4n) is 4.10. The third-order valence-corrected chi connectivity index (χ3v) is 6.03. The summed E-state index contributed by atoms with van der Waals surface area (Å²) in [4.78, 5) is 25.8. The molecule has 0 spiro atoms. The number of rotatable bonds is 6. The molecule has 4 aromatic carbocycles. The second-order valence-electron chi connectivity index (χ2n) is 8.50. The number of nitrogens with one attached hydrogen (secondary N) is 2. The van der Waals surface area contributed by atoms with Crippen LogP contribution in [0.5, 0.6) is 0 Å². The summed E-state index contributed by atoms with van der Waals surface area (Å²) in [6.45, 7) is 0. The first-order valence-corrected chi connectivity index (χ1v) is 11.8. The summed E-state index contributed by atoms with van der Waals surface area (Å²) >= 11 is 0. The molecule has 0 atom stereocenters. The Morgan fingerprint density at radius 1 is 0.757 bits per heavy atom. The molecule has 0 aliphatic rings. The molecule has 7 nitrogen and oxygen atoms in total. The molecule has 0 saturated carbocycles. The van der Waals surface area contributed by atoms with Crippen LogP contribution in [0.15, 0.2) is 122 Å². The summed E-state index contributed by atoms with van der Waals surface area (Å²) < 4.78 is 1.95. The van der Waals surface area contributed by atoms with Crippen molar-refractivity contribution >= 4 is 34.0 Å². The molecule has 1 amide bonds. The number of hydrogen-bond donors (Lipinski definition) is 2. The van der Waals surface area contributed by atoms with Crippen molar-refractivity contribution in [1.82, 2.24) is 19.5 Å². The molecule has 0 radical (unpaired) electrons. The molecule has 0 fully saturated rings. The van der Waals surface area contributed by atoms with E-state index in [9.17, 15) is 4.79 Å². The van der Waals surface area contributed by atoms with Crippen LogP contribution in [0.3, 0.4) is 0 Å². The highest BCUT2D eigenvalue weighted by Gasteiger charge is 2.08. The summed E-state index contributed by atoms with van der Waals surface area (Å²) in [6, 6.07) is 31.1. The summed E-state index contributed by atoms with van der Waals surface area (Å²) in [5.74, 6) is 0.339. The second kappa shape index (κ2) is 9.75. The van der Waals surface area contributed by atoms with Crippen LogP contribution in [-0.2, 0) is 0 Å². The maximum atomic E-state index is 12.7. The van der Waals surface area contributed by atoms with Gasteiger partial charge in [0.25, 0.3) is 5.91 Å². The largest absolute Gasteiger partial charge is 0.324 e. The lowest BCUT2D eigenvalue weighted by atomic mass is 10.1. The average molecular weight is 483 g/mol. The number of fused-ring (bicyclic) bond motifs is 1. The van der Waals surface area contributed by atoms with E-state index in [1.807, 2.05) is 108 Å². The quantitative estimate of drug-likeness (QED) is 0.284. The zero-order valence-corrected chi connectivity index (χ0v) is 19.7. The van der Waals surface area contributed by atoms with Crippen LogP contribution in [-0.4, -0.2) is 25.4 Å². The van der Waals surface area contributed by atoms with Crippen molar-refractivity contribution in [2.75, 3.05) is 10.6 Å². The van der Waals surface area contributed by atoms with Crippen LogP contribution in [0, 0.1) is 0 Å². The topological polar surface area (TPSA) is 84.7 Å². The predicted octanol–water partition coefficient (Wildman–Crippen LogP) is 6.48. The van der Waals surface area contributed by atoms with E-state index >= 15 is 0 Å². The number of amides is 1. The highest BCUT2D eigenvalue weighted by molar-refractivity contribution is 6.06. The van der Waals surface area contributed by atoms with Gasteiger partial charge in [-0.3, -0.25) is 4.79 Å². The monoisotopic (exact) mass is 482 g/mol. The Kier molecular flexibility index (Phi) is 5.85. The van der Waals surface area contributed by atoms with Gasteiger partial charge in [-0.1, -0.05) is 42.5 Å². The Balaban J connectivity index is 1.13. The molecule has 2 aromatic heterocycles. The highest BCUT2D eigenvalue weighted by Crippen LogP contribution is 2.23. The van der Waals surface area contributed by atoms with E-state index in [0.717, 1.165) is 33.4 Å². The number of hydrogen-bond acceptors (Lipinski definition) is 5. The van der Waals surface area contributed by atoms with E-state index in [1.54, 1.807) is 18.7 Å². The average Bonchev–Trinajstić information content (AvgIpc) is 3.49. The molecule has 0 aliphatic heterocycles. The molecule has 37 heavy (non-hydrogen) atoms. The molecule has 2 N–H and O–H groups in total. The molecule has 0 unspecified atom stereocenters. The Hall–Kier alpha value is -5.30. The number of aromatic nitrogens is 4. The van der Waals surface area contributed by atoms with Gasteiger partial charge in [-0.05, 0) is 65.4 Å². The minimum atomic E-state index is -0.151. The van der Waals surface area contributed by atoms with Gasteiger partial charge in [-0.2, -0.15) is 0 Å². The second-order valence-corrected chi connectivity index (χ2v) is 8.50. The lowest BCUT2D eigenvalue weighted by Crippen LogP contribution is -2.11. The molecule has 7 heteroatoms. The van der Waals surface area contributed by atoms with Crippen molar-refractivity contribution in [2.24, 2.45) is 0 Å². The fourth-order valence-corrected chi connectivity index (χ4v) is 4.10. The Labute approximate surface area is 213 Å². The number of carbonyl (C=O) groups excluding carboxylic acids is 1. The van der Waals surface area contributed by atoms with Gasteiger partial charge in [0.1, 0.15) is 0 Å². The molecular formula is C30H22N6O. The van der Waals surface area contributed by atoms with Crippen molar-refractivity contribution in [1.29, 1.82) is 0 Å². The normalized spacial score (nSPS) is 10.8. The summed E-state index contributed by atoms with van der Waals surface area (Å²) in [6.07, 6.45) is 7.15. The summed E-state index contributed by atoms with van der Waals surface area (Å²) in [7, 11) is 0. The third-order valence-electron chi connectivity index (χ3n) is 6.03. The minimum absolute atomic E-state index is 0.151. The standard InChI is InChI=1S/C30H22N6O/c37-29(24-6-5-21-3-1-2-4-23(21)19-24)33-25-9-11-26(12-10-25)34-30-32-16-15-28(35-30)22-7-13-27(14-8-22)36-18-17-31-20-36/h1-20H,(H,33,37)(H,32,34,35). The first-order valence-electron chi connectivity index (χ1n) is 11.8. The first kappa shape index (κ1) is 22.2. The maximum absolute atomic E-state index is 12.7. The van der Waals surface area contributed by atoms with E-state index in [4.69, 9.17) is 0 Å². The van der Waals surface area contributed by atoms with Gasteiger partial charge in [0, 0.05) is 46.8 Å². The number of anilines is 3. The molecule has 6 rings (SSSR count). The zero-order valence-electron chi connectivity index (χ0n) is 19.7. The molecule has 178 valence electrons. The fraction of sp³-hybridized carbons (Fsp3) is 0. The van der Waals surface area contributed by atoms with Gasteiger partial charge in [0.2, 0.25) is 5.95 Å². The molecule has 0 aliphatic carbocycles. The van der Waals surface area contributed by atoms with Gasteiger partial charge >= 0.3 is 0 Å². The molecular weight excluding hydrogens is 460 g/mol. The van der Waals surface area contributed by atoms with Crippen molar-refractivity contribution in [3.63, 3.8) is 0 Å². The first-order chi connectivity index (χ1) is 18.2. The smallest absolute Gasteiger partial charge is 0.255 e. The number of nitrogens with zero attached hydrogens (tertiary/aromatic N) is 4. The van der Waals surface area contributed by atoms with Crippen LogP contribution in [0.4, 0.5) is 17.3 Å². The summed E-state index contributed by atoms with van der Waals surface area (Å²) in [5, 5.41) is 8.33. The van der Waals surface area contributed by atoms with E-state index in [1.165, 1.54) is 0 Å². The highest BCUT2D eigenvalue weighted by atomic mass is 16.1. The number of imidazole rings is 1. The van der Waals surface area contributed by atoms with E-state index in [-0.39, 0.29) is 5.91 Å². The van der Waals surface area contributed by atoms with Gasteiger partial charge < -0.3 is 15.2 Å². The van der Waals surface area contributed by atoms with Crippen molar-refractivity contribution in [2.45, 2.75) is 0 Å². The summed E-state index contributed by atoms with van der Waals surface area (Å²) in [5.41, 5.74) is 4.97. The Morgan fingerprint density at radius 3 is 2.32 bits per heavy atom. The van der Waals surface area contributed by atoms with Gasteiger partial charge in [0.05, 0.1) is 12.0 Å². The van der Waals surface area contributed by atoms with Crippen LogP contribution < -0.4 is 10.6 Å². The molecule has 0 bridgehead atoms. The third kappa shape index (κ3) is 4.92. The zero-order chi connectivity index (χ0) is 25.0. The molecule has 6 aromatic rings.